The lowest BCUT2D eigenvalue weighted by molar-refractivity contribution is -0.157. The SMILES string of the molecule is C/C=C/C[C@@H](C)[C@@H](O)[C@H]1C(=O)N[C@@H](CC)C(=O)N(C)[C@H](SCCCN(CC)CC)C(=O)N(C)[C@@H](C(C)CC)C(=O)N[C@H](C(C)C)C(=O)N(C)[C@H](CC(C)C)C(=O)N[C@H](C)C(=O)N[C@@H](C)C(=O)N(C)[C@@H](CC(C)C)C(=O)N(C)[C@@H](CCC(C)C)C(=O)N(C)[C@@H](C(C)C)C(=O)N1C. The zero-order valence-electron chi connectivity index (χ0n) is 63.0. The summed E-state index contributed by atoms with van der Waals surface area (Å²) in [6, 6.07) is -12.5. The molecule has 0 bridgehead atoms. The summed E-state index contributed by atoms with van der Waals surface area (Å²) >= 11 is 1.21. The Morgan fingerprint density at radius 2 is 1.00 bits per heavy atom. The first-order chi connectivity index (χ1) is 44.2. The van der Waals surface area contributed by atoms with E-state index < -0.39 is 161 Å². The van der Waals surface area contributed by atoms with Crippen LogP contribution in [0.25, 0.3) is 0 Å². The molecule has 1 rings (SSSR count). The molecule has 1 fully saturated rings. The Hall–Kier alpha value is -5.82. The van der Waals surface area contributed by atoms with Crippen molar-refractivity contribution < 1.29 is 57.8 Å². The molecule has 0 aliphatic carbocycles. The molecule has 1 aliphatic heterocycles. The first-order valence-electron chi connectivity index (χ1n) is 34.9. The van der Waals surface area contributed by atoms with Crippen LogP contribution in [0.4, 0.5) is 0 Å². The van der Waals surface area contributed by atoms with E-state index in [9.17, 15) is 24.3 Å². The molecule has 14 atom stereocenters. The molecule has 0 aromatic carbocycles. The molecule has 0 saturated carbocycles. The molecule has 0 spiro atoms. The van der Waals surface area contributed by atoms with E-state index in [1.165, 1.54) is 104 Å². The number of rotatable bonds is 23. The van der Waals surface area contributed by atoms with Gasteiger partial charge in [-0.1, -0.05) is 129 Å². The number of hydrogen-bond acceptors (Lipinski definition) is 14. The van der Waals surface area contributed by atoms with Crippen LogP contribution in [-0.4, -0.2) is 256 Å². The molecule has 1 unspecified atom stereocenters. The van der Waals surface area contributed by atoms with E-state index in [0.29, 0.717) is 38.0 Å². The van der Waals surface area contributed by atoms with Gasteiger partial charge in [0.25, 0.3) is 5.91 Å². The van der Waals surface area contributed by atoms with Crippen molar-refractivity contribution in [2.75, 3.05) is 74.7 Å². The minimum absolute atomic E-state index is 0.00838. The van der Waals surface area contributed by atoms with Crippen molar-refractivity contribution in [3.63, 3.8) is 0 Å². The standard InChI is InChI=1S/C70H128N12O12S/c1-27-32-34-47(17)58(83)57-62(87)73-50(29-3)64(89)81(26)70(95-38-33-37-82(30-4)31-5)69(94)79(24)56(46(16)28-2)61(86)74-54(44(12)13)67(92)76(21)52(39-42(8)9)60(85)71-48(18)59(84)72-49(19)63(88)77(22)53(40-43(10)11)66(91)75(20)51(36-35-41(6)7)65(90)78(23)55(45(14)15)68(93)80(57)25/h27,32,41-58,70,83H,28-31,33-40H2,1-26H3,(H,71,85)(H,72,84)(H,73,87)(H,74,86)/b32-27+/t46?,47-,48-,49+,50+,51+,52-,53+,54-,55+,56+,57+,58-,70-/m1/s1. The number of hydrogen-bond donors (Lipinski definition) is 5. The molecule has 1 heterocycles. The van der Waals surface area contributed by atoms with Crippen LogP contribution >= 0.6 is 11.8 Å². The third-order valence-corrected chi connectivity index (χ3v) is 20.1. The second-order valence-electron chi connectivity index (χ2n) is 28.4. The molecule has 25 heteroatoms. The largest absolute Gasteiger partial charge is 0.390 e. The topological polar surface area (TPSA) is 282 Å². The summed E-state index contributed by atoms with van der Waals surface area (Å²) in [6.45, 7) is 36.6. The van der Waals surface area contributed by atoms with Crippen molar-refractivity contribution in [1.82, 2.24) is 60.5 Å². The van der Waals surface area contributed by atoms with Crippen LogP contribution < -0.4 is 21.3 Å². The highest BCUT2D eigenvalue weighted by Crippen LogP contribution is 2.28. The summed E-state index contributed by atoms with van der Waals surface area (Å²) in [5, 5.41) is 22.3. The van der Waals surface area contributed by atoms with Crippen molar-refractivity contribution in [3.05, 3.63) is 12.2 Å². The van der Waals surface area contributed by atoms with Gasteiger partial charge in [-0.05, 0) is 133 Å². The molecule has 24 nitrogen and oxygen atoms in total. The summed E-state index contributed by atoms with van der Waals surface area (Å²) in [6.07, 6.45) is 4.42. The number of thioether (sulfide) groups is 1. The molecule has 1 saturated heterocycles. The van der Waals surface area contributed by atoms with Crippen molar-refractivity contribution in [2.24, 2.45) is 41.4 Å². The summed E-state index contributed by atoms with van der Waals surface area (Å²) in [4.78, 5) is 176. The normalized spacial score (nSPS) is 26.5. The van der Waals surface area contributed by atoms with Crippen LogP contribution in [-0.2, 0) is 52.7 Å². The average molecular weight is 1360 g/mol. The lowest BCUT2D eigenvalue weighted by Gasteiger charge is -2.41. The first kappa shape index (κ1) is 87.2. The Kier molecular flexibility index (Phi) is 38.0. The molecule has 0 aromatic heterocycles. The van der Waals surface area contributed by atoms with E-state index in [4.69, 9.17) is 0 Å². The molecule has 95 heavy (non-hydrogen) atoms. The van der Waals surface area contributed by atoms with Crippen LogP contribution in [0.2, 0.25) is 0 Å². The van der Waals surface area contributed by atoms with E-state index in [1.54, 1.807) is 54.5 Å². The Morgan fingerprint density at radius 3 is 1.49 bits per heavy atom. The molecule has 5 N–H and O–H groups in total. The van der Waals surface area contributed by atoms with Gasteiger partial charge in [-0.2, -0.15) is 0 Å². The summed E-state index contributed by atoms with van der Waals surface area (Å²) in [7, 11) is 10.2. The highest BCUT2D eigenvalue weighted by Gasteiger charge is 2.47. The number of allylic oxidation sites excluding steroid dienone is 2. The number of aliphatic hydroxyl groups excluding tert-OH is 1. The average Bonchev–Trinajstić information content (AvgIpc) is 0.813. The highest BCUT2D eigenvalue weighted by atomic mass is 32.2. The summed E-state index contributed by atoms with van der Waals surface area (Å²) in [5.74, 6) is -9.40. The molecule has 0 aromatic rings. The fourth-order valence-corrected chi connectivity index (χ4v) is 13.3. The smallest absolute Gasteiger partial charge is 0.256 e. The Balaban J connectivity index is 4.58. The fraction of sp³-hybridized carbons (Fsp3) is 0.814. The van der Waals surface area contributed by atoms with E-state index in [-0.39, 0.29) is 43.4 Å². The van der Waals surface area contributed by atoms with Gasteiger partial charge in [0.2, 0.25) is 59.1 Å². The highest BCUT2D eigenvalue weighted by molar-refractivity contribution is 8.00. The van der Waals surface area contributed by atoms with Crippen molar-refractivity contribution >= 4 is 76.7 Å². The van der Waals surface area contributed by atoms with Gasteiger partial charge in [0.05, 0.1) is 6.10 Å². The van der Waals surface area contributed by atoms with Crippen LogP contribution in [0, 0.1) is 41.4 Å². The fourth-order valence-electron chi connectivity index (χ4n) is 12.1. The van der Waals surface area contributed by atoms with Crippen LogP contribution in [0.5, 0.6) is 0 Å². The van der Waals surface area contributed by atoms with Gasteiger partial charge in [0, 0.05) is 49.3 Å². The van der Waals surface area contributed by atoms with Gasteiger partial charge in [-0.25, -0.2) is 0 Å². The van der Waals surface area contributed by atoms with E-state index in [0.717, 1.165) is 18.0 Å². The van der Waals surface area contributed by atoms with Crippen molar-refractivity contribution in [1.29, 1.82) is 0 Å². The van der Waals surface area contributed by atoms with Gasteiger partial charge < -0.3 is 65.6 Å². The Bertz CT molecular complexity index is 2550. The predicted molar refractivity (Wildman–Crippen MR) is 377 cm³/mol. The van der Waals surface area contributed by atoms with Gasteiger partial charge >= 0.3 is 0 Å². The van der Waals surface area contributed by atoms with Gasteiger partial charge in [-0.3, -0.25) is 52.7 Å². The summed E-state index contributed by atoms with van der Waals surface area (Å²) < 4.78 is 0. The van der Waals surface area contributed by atoms with Crippen molar-refractivity contribution in [2.45, 2.75) is 255 Å². The Morgan fingerprint density at radius 1 is 0.505 bits per heavy atom. The van der Waals surface area contributed by atoms with Crippen LogP contribution in [0.15, 0.2) is 12.2 Å². The van der Waals surface area contributed by atoms with E-state index in [1.807, 2.05) is 61.5 Å². The van der Waals surface area contributed by atoms with E-state index in [2.05, 4.69) is 40.0 Å². The molecule has 0 radical (unpaired) electrons. The third kappa shape index (κ3) is 24.9. The molecular weight excluding hydrogens is 1230 g/mol. The number of carbonyl (C=O) groups excluding carboxylic acids is 11. The maximum atomic E-state index is 15.4. The van der Waals surface area contributed by atoms with Gasteiger partial charge in [0.1, 0.15) is 60.4 Å². The second-order valence-corrected chi connectivity index (χ2v) is 29.6. The predicted octanol–water partition coefficient (Wildman–Crippen LogP) is 5.45. The lowest BCUT2D eigenvalue weighted by atomic mass is 9.91. The number of nitrogens with zero attached hydrogens (tertiary/aromatic N) is 8. The van der Waals surface area contributed by atoms with Gasteiger partial charge in [0.15, 0.2) is 5.37 Å². The quantitative estimate of drug-likeness (QED) is 0.0629. The Labute approximate surface area is 575 Å². The van der Waals surface area contributed by atoms with Crippen molar-refractivity contribution in [3.8, 4) is 0 Å². The minimum Gasteiger partial charge on any atom is -0.390 e. The molecule has 1 aliphatic rings. The molecule has 546 valence electrons. The molecular formula is C70H128N12O12S. The maximum absolute atomic E-state index is 15.4. The van der Waals surface area contributed by atoms with Gasteiger partial charge in [-0.15, -0.1) is 11.8 Å². The number of nitrogens with one attached hydrogen (secondary N) is 4. The zero-order valence-corrected chi connectivity index (χ0v) is 63.9. The number of aliphatic hydroxyl groups is 1. The van der Waals surface area contributed by atoms with Crippen LogP contribution in [0.1, 0.15) is 183 Å². The summed E-state index contributed by atoms with van der Waals surface area (Å²) in [5.41, 5.74) is 0. The lowest BCUT2D eigenvalue weighted by Crippen LogP contribution is -2.64. The number of likely N-dealkylation sites (N-methyl/N-ethyl adjacent to an activating group) is 7. The maximum Gasteiger partial charge on any atom is 0.256 e. The first-order valence-corrected chi connectivity index (χ1v) is 35.9. The van der Waals surface area contributed by atoms with E-state index >= 15 is 33.6 Å². The monoisotopic (exact) mass is 1360 g/mol. The second kappa shape index (κ2) is 41.4. The van der Waals surface area contributed by atoms with Crippen LogP contribution in [0.3, 0.4) is 0 Å². The minimum atomic E-state index is -1.63. The third-order valence-electron chi connectivity index (χ3n) is 18.7. The zero-order chi connectivity index (χ0) is 73.4. The number of carbonyl (C=O) groups is 11. The molecule has 11 amide bonds. The number of amides is 11.